The van der Waals surface area contributed by atoms with E-state index in [1.54, 1.807) is 0 Å². The Hall–Kier alpha value is -3.35. The first-order valence-corrected chi connectivity index (χ1v) is 11.6. The van der Waals surface area contributed by atoms with Crippen LogP contribution in [0, 0.1) is 5.92 Å². The van der Waals surface area contributed by atoms with E-state index in [4.69, 9.17) is 9.84 Å². The molecule has 1 aliphatic rings. The lowest BCUT2D eigenvalue weighted by atomic mass is 9.98. The summed E-state index contributed by atoms with van der Waals surface area (Å²) < 4.78 is 5.53. The number of fused-ring (bicyclic) bond motifs is 3. The monoisotopic (exact) mass is 452 g/mol. The highest BCUT2D eigenvalue weighted by atomic mass is 16.5. The molecule has 2 atom stereocenters. The van der Waals surface area contributed by atoms with Crippen LogP contribution in [-0.2, 0) is 14.3 Å². The number of carbonyl (C=O) groups is 3. The van der Waals surface area contributed by atoms with Gasteiger partial charge in [-0.3, -0.25) is 9.59 Å². The highest BCUT2D eigenvalue weighted by Gasteiger charge is 2.29. The average molecular weight is 453 g/mol. The predicted molar refractivity (Wildman–Crippen MR) is 126 cm³/mol. The molecule has 33 heavy (non-hydrogen) atoms. The van der Waals surface area contributed by atoms with Crippen LogP contribution in [0.2, 0.25) is 0 Å². The van der Waals surface area contributed by atoms with Crippen LogP contribution in [0.5, 0.6) is 0 Å². The Kier molecular flexibility index (Phi) is 8.46. The molecule has 0 radical (unpaired) electrons. The molecule has 0 saturated heterocycles. The molecule has 3 rings (SSSR count). The smallest absolute Gasteiger partial charge is 0.407 e. The molecule has 0 heterocycles. The molecule has 0 aliphatic heterocycles. The van der Waals surface area contributed by atoms with Crippen LogP contribution in [0.25, 0.3) is 11.1 Å². The third-order valence-electron chi connectivity index (χ3n) is 6.10. The molecule has 176 valence electrons. The summed E-state index contributed by atoms with van der Waals surface area (Å²) in [6.07, 6.45) is 1.19. The number of ether oxygens (including phenoxy) is 1. The van der Waals surface area contributed by atoms with E-state index < -0.39 is 24.0 Å². The molecular weight excluding hydrogens is 420 g/mol. The summed E-state index contributed by atoms with van der Waals surface area (Å²) in [6, 6.07) is 15.8. The van der Waals surface area contributed by atoms with Gasteiger partial charge in [0.15, 0.2) is 0 Å². The number of hydrogen-bond donors (Lipinski definition) is 3. The van der Waals surface area contributed by atoms with Crippen molar-refractivity contribution in [1.29, 1.82) is 0 Å². The maximum Gasteiger partial charge on any atom is 0.407 e. The molecule has 0 bridgehead atoms. The maximum atomic E-state index is 12.6. The molecular formula is C26H32N2O5. The second kappa shape index (κ2) is 11.5. The van der Waals surface area contributed by atoms with Crippen molar-refractivity contribution < 1.29 is 24.2 Å². The lowest BCUT2D eigenvalue weighted by Gasteiger charge is -2.21. The molecule has 0 saturated carbocycles. The zero-order valence-electron chi connectivity index (χ0n) is 19.2. The van der Waals surface area contributed by atoms with Gasteiger partial charge in [0.2, 0.25) is 5.91 Å². The van der Waals surface area contributed by atoms with E-state index in [0.29, 0.717) is 12.8 Å². The van der Waals surface area contributed by atoms with Crippen molar-refractivity contribution in [3.05, 3.63) is 59.7 Å². The molecule has 2 amide bonds. The second-order valence-corrected chi connectivity index (χ2v) is 8.40. The number of benzene rings is 2. The standard InChI is InChI=1S/C26H32N2O5/c1-3-9-18(14-24(29)30)28-25(31)17(4-2)15-27-26(32)33-16-23-21-12-7-5-10-19(21)20-11-6-8-13-22(20)23/h5-8,10-13,17-18,23H,3-4,9,14-16H2,1-2H3,(H,27,32)(H,28,31)(H,29,30)/t17?,18-/m1/s1. The van der Waals surface area contributed by atoms with Crippen LogP contribution in [0.4, 0.5) is 4.79 Å². The molecule has 1 aliphatic carbocycles. The Bertz CT molecular complexity index is 945. The van der Waals surface area contributed by atoms with Gasteiger partial charge < -0.3 is 20.5 Å². The van der Waals surface area contributed by atoms with Crippen molar-refractivity contribution in [2.45, 2.75) is 51.5 Å². The van der Waals surface area contributed by atoms with E-state index in [-0.39, 0.29) is 31.4 Å². The van der Waals surface area contributed by atoms with E-state index >= 15 is 0 Å². The van der Waals surface area contributed by atoms with Gasteiger partial charge in [-0.1, -0.05) is 68.8 Å². The number of aliphatic carboxylic acids is 1. The van der Waals surface area contributed by atoms with Crippen molar-refractivity contribution in [3.63, 3.8) is 0 Å². The Labute approximate surface area is 194 Å². The Morgan fingerprint density at radius 3 is 2.15 bits per heavy atom. The summed E-state index contributed by atoms with van der Waals surface area (Å²) in [5.74, 6) is -1.69. The summed E-state index contributed by atoms with van der Waals surface area (Å²) in [7, 11) is 0. The van der Waals surface area contributed by atoms with Crippen LogP contribution in [0.15, 0.2) is 48.5 Å². The molecule has 7 nitrogen and oxygen atoms in total. The van der Waals surface area contributed by atoms with Gasteiger partial charge in [0.05, 0.1) is 12.3 Å². The number of hydrogen-bond acceptors (Lipinski definition) is 4. The summed E-state index contributed by atoms with van der Waals surface area (Å²) in [5, 5.41) is 14.5. The minimum absolute atomic E-state index is 0.0285. The third-order valence-corrected chi connectivity index (χ3v) is 6.10. The quantitative estimate of drug-likeness (QED) is 0.471. The molecule has 2 aromatic carbocycles. The lowest BCUT2D eigenvalue weighted by molar-refractivity contribution is -0.137. The Balaban J connectivity index is 1.53. The maximum absolute atomic E-state index is 12.6. The van der Waals surface area contributed by atoms with E-state index in [9.17, 15) is 14.4 Å². The number of carboxylic acid groups (broad SMARTS) is 1. The molecule has 0 spiro atoms. The van der Waals surface area contributed by atoms with Gasteiger partial charge in [-0.05, 0) is 35.1 Å². The topological polar surface area (TPSA) is 105 Å². The number of alkyl carbamates (subject to hydrolysis) is 1. The first-order chi connectivity index (χ1) is 15.9. The van der Waals surface area contributed by atoms with Crippen molar-refractivity contribution in [1.82, 2.24) is 10.6 Å². The van der Waals surface area contributed by atoms with Gasteiger partial charge in [0, 0.05) is 18.5 Å². The molecule has 0 aromatic heterocycles. The molecule has 3 N–H and O–H groups in total. The molecule has 1 unspecified atom stereocenters. The Morgan fingerprint density at radius 1 is 1.00 bits per heavy atom. The summed E-state index contributed by atoms with van der Waals surface area (Å²) >= 11 is 0. The minimum Gasteiger partial charge on any atom is -0.481 e. The average Bonchev–Trinajstić information content (AvgIpc) is 3.11. The predicted octanol–water partition coefficient (Wildman–Crippen LogP) is 4.31. The van der Waals surface area contributed by atoms with Crippen molar-refractivity contribution in [2.24, 2.45) is 5.92 Å². The molecule has 2 aromatic rings. The number of nitrogens with one attached hydrogen (secondary N) is 2. The fourth-order valence-electron chi connectivity index (χ4n) is 4.38. The van der Waals surface area contributed by atoms with Crippen molar-refractivity contribution in [3.8, 4) is 11.1 Å². The molecule has 7 heteroatoms. The van der Waals surface area contributed by atoms with E-state index in [2.05, 4.69) is 34.9 Å². The van der Waals surface area contributed by atoms with Crippen LogP contribution in [0.3, 0.4) is 0 Å². The number of rotatable bonds is 11. The van der Waals surface area contributed by atoms with Crippen LogP contribution >= 0.6 is 0 Å². The van der Waals surface area contributed by atoms with Gasteiger partial charge >= 0.3 is 12.1 Å². The normalized spacial score (nSPS) is 14.0. The SMILES string of the molecule is CCC[C@H](CC(=O)O)NC(=O)C(CC)CNC(=O)OCC1c2ccccc2-c2ccccc21. The van der Waals surface area contributed by atoms with E-state index in [1.807, 2.05) is 38.1 Å². The van der Waals surface area contributed by atoms with Gasteiger partial charge in [0.1, 0.15) is 6.61 Å². The highest BCUT2D eigenvalue weighted by Crippen LogP contribution is 2.44. The van der Waals surface area contributed by atoms with Gasteiger partial charge in [-0.2, -0.15) is 0 Å². The summed E-state index contributed by atoms with van der Waals surface area (Å²) in [5.41, 5.74) is 4.59. The largest absolute Gasteiger partial charge is 0.481 e. The van der Waals surface area contributed by atoms with Gasteiger partial charge in [-0.15, -0.1) is 0 Å². The number of amides is 2. The van der Waals surface area contributed by atoms with Crippen molar-refractivity contribution >= 4 is 18.0 Å². The fourth-order valence-corrected chi connectivity index (χ4v) is 4.38. The van der Waals surface area contributed by atoms with Crippen LogP contribution in [0.1, 0.15) is 56.6 Å². The fraction of sp³-hybridized carbons (Fsp3) is 0.423. The highest BCUT2D eigenvalue weighted by molar-refractivity contribution is 5.81. The minimum atomic E-state index is -0.946. The molecule has 0 fully saturated rings. The first kappa shape index (κ1) is 24.3. The third kappa shape index (κ3) is 6.12. The second-order valence-electron chi connectivity index (χ2n) is 8.40. The van der Waals surface area contributed by atoms with Gasteiger partial charge in [0.25, 0.3) is 0 Å². The zero-order valence-corrected chi connectivity index (χ0v) is 19.2. The summed E-state index contributed by atoms with van der Waals surface area (Å²) in [4.78, 5) is 36.0. The van der Waals surface area contributed by atoms with Crippen LogP contribution in [-0.4, -0.2) is 42.3 Å². The lowest BCUT2D eigenvalue weighted by Crippen LogP contribution is -2.43. The number of carboxylic acids is 1. The van der Waals surface area contributed by atoms with Crippen molar-refractivity contribution in [2.75, 3.05) is 13.2 Å². The zero-order chi connectivity index (χ0) is 23.8. The van der Waals surface area contributed by atoms with E-state index in [0.717, 1.165) is 28.7 Å². The van der Waals surface area contributed by atoms with Crippen LogP contribution < -0.4 is 10.6 Å². The summed E-state index contributed by atoms with van der Waals surface area (Å²) in [6.45, 7) is 4.14. The number of carbonyl (C=O) groups excluding carboxylic acids is 2. The Morgan fingerprint density at radius 2 is 1.61 bits per heavy atom. The first-order valence-electron chi connectivity index (χ1n) is 11.6. The van der Waals surface area contributed by atoms with E-state index in [1.165, 1.54) is 0 Å². The van der Waals surface area contributed by atoms with Gasteiger partial charge in [-0.25, -0.2) is 4.79 Å².